The van der Waals surface area contributed by atoms with E-state index in [1.165, 1.54) is 0 Å². The lowest BCUT2D eigenvalue weighted by atomic mass is 10.1. The van der Waals surface area contributed by atoms with Gasteiger partial charge in [-0.3, -0.25) is 4.79 Å². The van der Waals surface area contributed by atoms with Crippen molar-refractivity contribution in [1.82, 2.24) is 15.0 Å². The third-order valence-corrected chi connectivity index (χ3v) is 2.87. The van der Waals surface area contributed by atoms with E-state index in [0.717, 1.165) is 5.56 Å². The van der Waals surface area contributed by atoms with Crippen LogP contribution >= 0.6 is 0 Å². The Labute approximate surface area is 110 Å². The zero-order valence-electron chi connectivity index (χ0n) is 10.7. The highest BCUT2D eigenvalue weighted by molar-refractivity contribution is 5.92. The van der Waals surface area contributed by atoms with E-state index < -0.39 is 12.0 Å². The van der Waals surface area contributed by atoms with Crippen LogP contribution in [0.1, 0.15) is 41.1 Å². The van der Waals surface area contributed by atoms with E-state index in [-0.39, 0.29) is 0 Å². The molecule has 0 bridgehead atoms. The molecule has 1 aromatic heterocycles. The monoisotopic (exact) mass is 260 g/mol. The minimum absolute atomic E-state index is 0.444. The smallest absolute Gasteiger partial charge is 0.248 e. The van der Waals surface area contributed by atoms with Crippen molar-refractivity contribution >= 4 is 5.91 Å². The van der Waals surface area contributed by atoms with Crippen LogP contribution in [0.2, 0.25) is 0 Å². The zero-order chi connectivity index (χ0) is 13.8. The number of benzene rings is 1. The summed E-state index contributed by atoms with van der Waals surface area (Å²) in [5, 5.41) is 17.5. The largest absolute Gasteiger partial charge is 0.387 e. The summed E-state index contributed by atoms with van der Waals surface area (Å²) in [6, 6.07) is 6.99. The number of aliphatic hydroxyl groups is 1. The lowest BCUT2D eigenvalue weighted by Gasteiger charge is -2.02. The molecule has 0 spiro atoms. The summed E-state index contributed by atoms with van der Waals surface area (Å²) >= 11 is 0. The average Bonchev–Trinajstić information content (AvgIpc) is 2.87. The molecule has 0 aliphatic heterocycles. The predicted octanol–water partition coefficient (Wildman–Crippen LogP) is 0.869. The van der Waals surface area contributed by atoms with Crippen molar-refractivity contribution in [2.24, 2.45) is 5.73 Å². The summed E-state index contributed by atoms with van der Waals surface area (Å²) in [4.78, 5) is 10.9. The highest BCUT2D eigenvalue weighted by Crippen LogP contribution is 2.13. The summed E-state index contributed by atoms with van der Waals surface area (Å²) in [5.74, 6) is -0.444. The van der Waals surface area contributed by atoms with Gasteiger partial charge in [-0.2, -0.15) is 0 Å². The van der Waals surface area contributed by atoms with Crippen LogP contribution in [0.5, 0.6) is 0 Å². The number of rotatable bonds is 5. The number of hydrogen-bond donors (Lipinski definition) is 2. The first-order valence-corrected chi connectivity index (χ1v) is 6.07. The Morgan fingerprint density at radius 3 is 2.68 bits per heavy atom. The molecule has 0 saturated heterocycles. The Balaban J connectivity index is 2.08. The minimum atomic E-state index is -0.578. The van der Waals surface area contributed by atoms with Gasteiger partial charge >= 0.3 is 0 Å². The Morgan fingerprint density at radius 2 is 2.11 bits per heavy atom. The quantitative estimate of drug-likeness (QED) is 0.834. The molecule has 0 aliphatic rings. The van der Waals surface area contributed by atoms with Gasteiger partial charge in [-0.1, -0.05) is 24.3 Å². The summed E-state index contributed by atoms with van der Waals surface area (Å²) in [5.41, 5.74) is 7.20. The Hall–Kier alpha value is -2.21. The van der Waals surface area contributed by atoms with Crippen molar-refractivity contribution in [1.29, 1.82) is 0 Å². The SMILES string of the molecule is CCC(O)c1cn(Cc2ccc(C(N)=O)cc2)nn1. The number of hydrogen-bond acceptors (Lipinski definition) is 4. The molecule has 1 atom stereocenters. The van der Waals surface area contributed by atoms with Crippen LogP contribution in [0, 0.1) is 0 Å². The number of amides is 1. The topological polar surface area (TPSA) is 94.0 Å². The number of nitrogens with zero attached hydrogens (tertiary/aromatic N) is 3. The van der Waals surface area contributed by atoms with Crippen LogP contribution in [0.4, 0.5) is 0 Å². The first-order valence-electron chi connectivity index (χ1n) is 6.07. The molecule has 0 aliphatic carbocycles. The zero-order valence-corrected chi connectivity index (χ0v) is 10.7. The molecular weight excluding hydrogens is 244 g/mol. The van der Waals surface area contributed by atoms with Crippen LogP contribution in [0.25, 0.3) is 0 Å². The van der Waals surface area contributed by atoms with Gasteiger partial charge in [-0.05, 0) is 24.1 Å². The van der Waals surface area contributed by atoms with Crippen molar-refractivity contribution < 1.29 is 9.90 Å². The van der Waals surface area contributed by atoms with Gasteiger partial charge in [0.1, 0.15) is 5.69 Å². The second-order valence-electron chi connectivity index (χ2n) is 4.33. The number of nitrogens with two attached hydrogens (primary N) is 1. The van der Waals surface area contributed by atoms with Gasteiger partial charge in [0.25, 0.3) is 0 Å². The number of aliphatic hydroxyl groups excluding tert-OH is 1. The first kappa shape index (κ1) is 13.2. The maximum absolute atomic E-state index is 10.9. The molecule has 6 nitrogen and oxygen atoms in total. The lowest BCUT2D eigenvalue weighted by molar-refractivity contribution is 0.100. The fourth-order valence-corrected chi connectivity index (χ4v) is 1.71. The molecule has 2 rings (SSSR count). The van der Waals surface area contributed by atoms with Crippen LogP contribution in [-0.2, 0) is 6.54 Å². The lowest BCUT2D eigenvalue weighted by Crippen LogP contribution is -2.10. The first-order chi connectivity index (χ1) is 9.10. The molecule has 6 heteroatoms. The van der Waals surface area contributed by atoms with Crippen LogP contribution in [0.15, 0.2) is 30.5 Å². The molecule has 1 aromatic carbocycles. The van der Waals surface area contributed by atoms with Crippen LogP contribution in [-0.4, -0.2) is 26.0 Å². The third kappa shape index (κ3) is 3.17. The Morgan fingerprint density at radius 1 is 1.42 bits per heavy atom. The molecule has 1 unspecified atom stereocenters. The second kappa shape index (κ2) is 5.62. The van der Waals surface area contributed by atoms with E-state index in [2.05, 4.69) is 10.3 Å². The molecule has 1 heterocycles. The summed E-state index contributed by atoms with van der Waals surface area (Å²) in [6.07, 6.45) is 1.74. The normalized spacial score (nSPS) is 12.3. The van der Waals surface area contributed by atoms with Gasteiger partial charge in [0.05, 0.1) is 18.8 Å². The van der Waals surface area contributed by atoms with Crippen molar-refractivity contribution in [3.63, 3.8) is 0 Å². The molecular formula is C13H16N4O2. The van der Waals surface area contributed by atoms with Crippen LogP contribution in [0.3, 0.4) is 0 Å². The van der Waals surface area contributed by atoms with Gasteiger partial charge in [0, 0.05) is 5.56 Å². The Bertz CT molecular complexity index is 562. The molecule has 19 heavy (non-hydrogen) atoms. The summed E-state index contributed by atoms with van der Waals surface area (Å²) in [7, 11) is 0. The van der Waals surface area contributed by atoms with E-state index in [1.807, 2.05) is 19.1 Å². The second-order valence-corrected chi connectivity index (χ2v) is 4.33. The van der Waals surface area contributed by atoms with E-state index in [0.29, 0.717) is 24.2 Å². The summed E-state index contributed by atoms with van der Waals surface area (Å²) < 4.78 is 1.65. The average molecular weight is 260 g/mol. The number of aromatic nitrogens is 3. The number of carbonyl (C=O) groups is 1. The van der Waals surface area contributed by atoms with E-state index in [4.69, 9.17) is 5.73 Å². The molecule has 3 N–H and O–H groups in total. The molecule has 100 valence electrons. The van der Waals surface area contributed by atoms with Gasteiger partial charge < -0.3 is 10.8 Å². The van der Waals surface area contributed by atoms with Crippen molar-refractivity contribution in [3.05, 3.63) is 47.3 Å². The maximum Gasteiger partial charge on any atom is 0.248 e. The van der Waals surface area contributed by atoms with E-state index >= 15 is 0 Å². The standard InChI is InChI=1S/C13H16N4O2/c1-2-12(18)11-8-17(16-15-11)7-9-3-5-10(6-4-9)13(14)19/h3-6,8,12,18H,2,7H2,1H3,(H2,14,19). The summed E-state index contributed by atoms with van der Waals surface area (Å²) in [6.45, 7) is 2.41. The number of primary amides is 1. The predicted molar refractivity (Wildman–Crippen MR) is 69.3 cm³/mol. The fraction of sp³-hybridized carbons (Fsp3) is 0.308. The van der Waals surface area contributed by atoms with Gasteiger partial charge in [-0.25, -0.2) is 4.68 Å². The molecule has 0 saturated carbocycles. The Kier molecular flexibility index (Phi) is 3.91. The van der Waals surface area contributed by atoms with Gasteiger partial charge in [0.15, 0.2) is 0 Å². The van der Waals surface area contributed by atoms with E-state index in [1.54, 1.807) is 23.0 Å². The maximum atomic E-state index is 10.9. The molecule has 0 radical (unpaired) electrons. The van der Waals surface area contributed by atoms with Crippen molar-refractivity contribution in [3.8, 4) is 0 Å². The fourth-order valence-electron chi connectivity index (χ4n) is 1.71. The minimum Gasteiger partial charge on any atom is -0.387 e. The molecule has 1 amide bonds. The van der Waals surface area contributed by atoms with E-state index in [9.17, 15) is 9.90 Å². The highest BCUT2D eigenvalue weighted by atomic mass is 16.3. The van der Waals surface area contributed by atoms with Crippen molar-refractivity contribution in [2.45, 2.75) is 26.0 Å². The van der Waals surface area contributed by atoms with Gasteiger partial charge in [-0.15, -0.1) is 5.10 Å². The molecule has 0 fully saturated rings. The third-order valence-electron chi connectivity index (χ3n) is 2.87. The highest BCUT2D eigenvalue weighted by Gasteiger charge is 2.09. The molecule has 2 aromatic rings. The van der Waals surface area contributed by atoms with Crippen LogP contribution < -0.4 is 5.73 Å². The number of carbonyl (C=O) groups excluding carboxylic acids is 1. The van der Waals surface area contributed by atoms with Gasteiger partial charge in [0.2, 0.25) is 5.91 Å². The van der Waals surface area contributed by atoms with Crippen molar-refractivity contribution in [2.75, 3.05) is 0 Å².